The molecule has 0 saturated carbocycles. The molecular weight excluding hydrogens is 440 g/mol. The highest BCUT2D eigenvalue weighted by Gasteiger charge is 2.27. The van der Waals surface area contributed by atoms with Crippen molar-refractivity contribution in [2.24, 2.45) is 0 Å². The summed E-state index contributed by atoms with van der Waals surface area (Å²) in [5, 5.41) is 11.2. The fourth-order valence-electron chi connectivity index (χ4n) is 3.08. The lowest BCUT2D eigenvalue weighted by molar-refractivity contribution is 0.102. The fourth-order valence-corrected chi connectivity index (χ4v) is 6.35. The lowest BCUT2D eigenvalue weighted by Gasteiger charge is -2.15. The van der Waals surface area contributed by atoms with Crippen molar-refractivity contribution in [2.45, 2.75) is 27.8 Å². The summed E-state index contributed by atoms with van der Waals surface area (Å²) in [6.45, 7) is 1.04. The first-order valence-corrected chi connectivity index (χ1v) is 12.7. The Morgan fingerprint density at radius 3 is 2.60 bits per heavy atom. The van der Waals surface area contributed by atoms with Crippen LogP contribution in [0.15, 0.2) is 63.8 Å². The number of amides is 1. The van der Waals surface area contributed by atoms with Crippen LogP contribution >= 0.6 is 23.1 Å². The van der Waals surface area contributed by atoms with Gasteiger partial charge < -0.3 is 0 Å². The van der Waals surface area contributed by atoms with Gasteiger partial charge in [-0.3, -0.25) is 10.1 Å². The normalized spacial score (nSPS) is 14.7. The van der Waals surface area contributed by atoms with E-state index < -0.39 is 15.9 Å². The van der Waals surface area contributed by atoms with Gasteiger partial charge in [0, 0.05) is 24.4 Å². The first-order chi connectivity index (χ1) is 14.5. The van der Waals surface area contributed by atoms with E-state index in [-0.39, 0.29) is 10.5 Å². The van der Waals surface area contributed by atoms with Crippen LogP contribution in [0.1, 0.15) is 28.8 Å². The molecule has 0 radical (unpaired) electrons. The number of anilines is 1. The van der Waals surface area contributed by atoms with Gasteiger partial charge >= 0.3 is 0 Å². The minimum absolute atomic E-state index is 0.133. The van der Waals surface area contributed by atoms with Crippen molar-refractivity contribution in [2.75, 3.05) is 18.4 Å². The average Bonchev–Trinajstić information content (AvgIpc) is 3.46. The molecule has 0 aliphatic carbocycles. The van der Waals surface area contributed by atoms with Crippen molar-refractivity contribution in [1.82, 2.24) is 14.5 Å². The van der Waals surface area contributed by atoms with Gasteiger partial charge in [0.1, 0.15) is 0 Å². The molecule has 1 amide bonds. The largest absolute Gasteiger partial charge is 0.296 e. The van der Waals surface area contributed by atoms with Crippen molar-refractivity contribution in [3.63, 3.8) is 0 Å². The Labute approximate surface area is 183 Å². The molecule has 0 atom stereocenters. The van der Waals surface area contributed by atoms with Crippen LogP contribution < -0.4 is 5.32 Å². The van der Waals surface area contributed by atoms with Crippen LogP contribution in [-0.4, -0.2) is 41.9 Å². The van der Waals surface area contributed by atoms with Gasteiger partial charge in [0.05, 0.1) is 4.90 Å². The number of sulfonamides is 1. The lowest BCUT2D eigenvalue weighted by Crippen LogP contribution is -2.28. The van der Waals surface area contributed by atoms with E-state index >= 15 is 0 Å². The summed E-state index contributed by atoms with van der Waals surface area (Å²) in [7, 11) is -3.57. The van der Waals surface area contributed by atoms with Gasteiger partial charge in [-0.1, -0.05) is 59.5 Å². The molecule has 156 valence electrons. The van der Waals surface area contributed by atoms with E-state index in [1.807, 2.05) is 30.3 Å². The third kappa shape index (κ3) is 4.89. The van der Waals surface area contributed by atoms with Crippen LogP contribution in [-0.2, 0) is 15.8 Å². The van der Waals surface area contributed by atoms with Gasteiger partial charge in [0.2, 0.25) is 15.2 Å². The van der Waals surface area contributed by atoms with E-state index in [2.05, 4.69) is 15.5 Å². The van der Waals surface area contributed by atoms with Crippen molar-refractivity contribution in [3.8, 4) is 0 Å². The van der Waals surface area contributed by atoms with Crippen LogP contribution in [0.25, 0.3) is 0 Å². The first kappa shape index (κ1) is 21.0. The number of thioether (sulfide) groups is 1. The minimum atomic E-state index is -3.57. The Bertz CT molecular complexity index is 1130. The number of nitrogens with one attached hydrogen (secondary N) is 1. The quantitative estimate of drug-likeness (QED) is 0.425. The third-order valence-corrected chi connectivity index (χ3v) is 8.57. The van der Waals surface area contributed by atoms with Gasteiger partial charge in [0.25, 0.3) is 5.91 Å². The van der Waals surface area contributed by atoms with Crippen molar-refractivity contribution >= 4 is 44.2 Å². The Hall–Kier alpha value is -2.27. The van der Waals surface area contributed by atoms with Gasteiger partial charge in [0.15, 0.2) is 4.34 Å². The second kappa shape index (κ2) is 9.25. The number of hydrogen-bond acceptors (Lipinski definition) is 7. The zero-order valence-corrected chi connectivity index (χ0v) is 18.5. The van der Waals surface area contributed by atoms with Gasteiger partial charge in [-0.25, -0.2) is 8.42 Å². The fraction of sp³-hybridized carbons (Fsp3) is 0.250. The van der Waals surface area contributed by atoms with E-state index in [1.54, 1.807) is 23.9 Å². The summed E-state index contributed by atoms with van der Waals surface area (Å²) in [6.07, 6.45) is 1.72. The monoisotopic (exact) mass is 460 g/mol. The number of rotatable bonds is 7. The molecule has 7 nitrogen and oxygen atoms in total. The Kier molecular flexibility index (Phi) is 6.47. The molecule has 1 fully saturated rings. The maximum Gasteiger partial charge on any atom is 0.257 e. The molecule has 2 heterocycles. The standard InChI is InChI=1S/C20H20N4O3S3/c25-18(16-9-6-10-17(13-16)30(26,27)24-11-4-5-12-24)21-19-22-23-20(29-19)28-14-15-7-2-1-3-8-15/h1-3,6-10,13H,4-5,11-12,14H2,(H,21,22,25). The first-order valence-electron chi connectivity index (χ1n) is 9.44. The summed E-state index contributed by atoms with van der Waals surface area (Å²) in [4.78, 5) is 12.7. The van der Waals surface area contributed by atoms with Crippen LogP contribution in [0, 0.1) is 0 Å². The number of nitrogens with zero attached hydrogens (tertiary/aromatic N) is 3. The Balaban J connectivity index is 1.41. The number of hydrogen-bond donors (Lipinski definition) is 1. The van der Waals surface area contributed by atoms with Gasteiger partial charge in [-0.05, 0) is 36.6 Å². The smallest absolute Gasteiger partial charge is 0.257 e. The summed E-state index contributed by atoms with van der Waals surface area (Å²) in [5.41, 5.74) is 1.45. The molecule has 1 aliphatic rings. The minimum Gasteiger partial charge on any atom is -0.296 e. The Morgan fingerprint density at radius 1 is 1.07 bits per heavy atom. The molecule has 0 unspecified atom stereocenters. The molecule has 3 aromatic rings. The van der Waals surface area contributed by atoms with Crippen LogP contribution in [0.5, 0.6) is 0 Å². The van der Waals surface area contributed by atoms with Crippen molar-refractivity contribution in [1.29, 1.82) is 0 Å². The zero-order chi connectivity index (χ0) is 21.0. The highest BCUT2D eigenvalue weighted by molar-refractivity contribution is 8.00. The summed E-state index contributed by atoms with van der Waals surface area (Å²) < 4.78 is 27.7. The highest BCUT2D eigenvalue weighted by atomic mass is 32.2. The molecule has 1 saturated heterocycles. The molecule has 4 rings (SSSR count). The summed E-state index contributed by atoms with van der Waals surface area (Å²) >= 11 is 2.83. The molecule has 30 heavy (non-hydrogen) atoms. The molecule has 1 aliphatic heterocycles. The Morgan fingerprint density at radius 2 is 1.83 bits per heavy atom. The highest BCUT2D eigenvalue weighted by Crippen LogP contribution is 2.28. The second-order valence-electron chi connectivity index (χ2n) is 6.74. The predicted molar refractivity (Wildman–Crippen MR) is 118 cm³/mol. The maximum atomic E-state index is 12.7. The number of carbonyl (C=O) groups is 1. The molecule has 0 spiro atoms. The molecule has 0 bridgehead atoms. The topological polar surface area (TPSA) is 92.3 Å². The number of carbonyl (C=O) groups excluding carboxylic acids is 1. The second-order valence-corrected chi connectivity index (χ2v) is 10.9. The number of benzene rings is 2. The summed E-state index contributed by atoms with van der Waals surface area (Å²) in [5.74, 6) is 0.351. The van der Waals surface area contributed by atoms with Crippen LogP contribution in [0.3, 0.4) is 0 Å². The van der Waals surface area contributed by atoms with Crippen molar-refractivity contribution in [3.05, 3.63) is 65.7 Å². The van der Waals surface area contributed by atoms with E-state index in [1.165, 1.54) is 33.3 Å². The third-order valence-electron chi connectivity index (χ3n) is 4.63. The van der Waals surface area contributed by atoms with E-state index in [0.29, 0.717) is 18.2 Å². The molecule has 2 aromatic carbocycles. The lowest BCUT2D eigenvalue weighted by atomic mass is 10.2. The number of aromatic nitrogens is 2. The molecule has 1 N–H and O–H groups in total. The van der Waals surface area contributed by atoms with E-state index in [4.69, 9.17) is 0 Å². The van der Waals surface area contributed by atoms with E-state index in [9.17, 15) is 13.2 Å². The molecule has 10 heteroatoms. The zero-order valence-electron chi connectivity index (χ0n) is 16.0. The van der Waals surface area contributed by atoms with Crippen molar-refractivity contribution < 1.29 is 13.2 Å². The molecule has 1 aromatic heterocycles. The molecular formula is C20H20N4O3S3. The van der Waals surface area contributed by atoms with Gasteiger partial charge in [-0.15, -0.1) is 10.2 Å². The van der Waals surface area contributed by atoms with Crippen LogP contribution in [0.4, 0.5) is 5.13 Å². The predicted octanol–water partition coefficient (Wildman–Crippen LogP) is 3.87. The maximum absolute atomic E-state index is 12.7. The SMILES string of the molecule is O=C(Nc1nnc(SCc2ccccc2)s1)c1cccc(S(=O)(=O)N2CCCC2)c1. The van der Waals surface area contributed by atoms with E-state index in [0.717, 1.165) is 22.9 Å². The summed E-state index contributed by atoms with van der Waals surface area (Å²) in [6, 6.07) is 16.1. The van der Waals surface area contributed by atoms with Crippen LogP contribution in [0.2, 0.25) is 0 Å². The van der Waals surface area contributed by atoms with Gasteiger partial charge in [-0.2, -0.15) is 4.31 Å². The average molecular weight is 461 g/mol.